The second-order valence-corrected chi connectivity index (χ2v) is 8.07. The minimum atomic E-state index is 0.318. The summed E-state index contributed by atoms with van der Waals surface area (Å²) in [6.45, 7) is 6.67. The van der Waals surface area contributed by atoms with Crippen molar-refractivity contribution in [3.8, 4) is 0 Å². The molecule has 0 bridgehead atoms. The molecule has 1 saturated heterocycles. The first-order valence-corrected chi connectivity index (χ1v) is 8.93. The number of fused-ring (bicyclic) bond motifs is 1. The fraction of sp³-hybridized carbons (Fsp3) is 0.562. The summed E-state index contributed by atoms with van der Waals surface area (Å²) >= 11 is 5.70. The van der Waals surface area contributed by atoms with Crippen LogP contribution in [0.1, 0.15) is 25.8 Å². The highest BCUT2D eigenvalue weighted by molar-refractivity contribution is 9.09. The van der Waals surface area contributed by atoms with Gasteiger partial charge in [-0.2, -0.15) is 0 Å². The molecule has 0 saturated carbocycles. The molecule has 0 spiro atoms. The zero-order valence-electron chi connectivity index (χ0n) is 12.0. The first-order valence-electron chi connectivity index (χ1n) is 7.20. The summed E-state index contributed by atoms with van der Waals surface area (Å²) < 4.78 is 7.23. The number of thiazole rings is 1. The Bertz CT molecular complexity index is 566. The van der Waals surface area contributed by atoms with Gasteiger partial charge in [-0.1, -0.05) is 35.0 Å². The van der Waals surface area contributed by atoms with Crippen molar-refractivity contribution in [2.45, 2.75) is 44.2 Å². The molecule has 2 nitrogen and oxygen atoms in total. The molecular formula is C16H20BrNOS. The van der Waals surface area contributed by atoms with Crippen LogP contribution >= 0.6 is 27.3 Å². The van der Waals surface area contributed by atoms with Crippen molar-refractivity contribution in [1.29, 1.82) is 0 Å². The number of halogens is 1. The fourth-order valence-corrected chi connectivity index (χ4v) is 5.69. The van der Waals surface area contributed by atoms with Crippen molar-refractivity contribution in [1.82, 2.24) is 4.98 Å². The van der Waals surface area contributed by atoms with Crippen LogP contribution in [0.5, 0.6) is 0 Å². The Morgan fingerprint density at radius 3 is 2.65 bits per heavy atom. The Hall–Kier alpha value is -0.450. The lowest BCUT2D eigenvalue weighted by molar-refractivity contribution is 0.0511. The van der Waals surface area contributed by atoms with E-state index in [0.717, 1.165) is 11.9 Å². The van der Waals surface area contributed by atoms with E-state index in [1.165, 1.54) is 9.71 Å². The number of para-hydroxylation sites is 1. The average molecular weight is 354 g/mol. The van der Waals surface area contributed by atoms with Crippen LogP contribution < -0.4 is 0 Å². The maximum atomic E-state index is 5.96. The van der Waals surface area contributed by atoms with Gasteiger partial charge in [-0.25, -0.2) is 4.98 Å². The molecule has 0 aliphatic carbocycles. The third-order valence-electron chi connectivity index (χ3n) is 4.44. The number of nitrogens with zero attached hydrogens (tertiary/aromatic N) is 1. The summed E-state index contributed by atoms with van der Waals surface area (Å²) in [5, 5.41) is 1.21. The van der Waals surface area contributed by atoms with Crippen LogP contribution in [-0.4, -0.2) is 22.0 Å². The van der Waals surface area contributed by atoms with Crippen LogP contribution in [0.4, 0.5) is 0 Å². The molecule has 1 fully saturated rings. The van der Waals surface area contributed by atoms with Crippen molar-refractivity contribution in [2.24, 2.45) is 11.8 Å². The molecule has 108 valence electrons. The number of benzene rings is 1. The predicted molar refractivity (Wildman–Crippen MR) is 88.7 cm³/mol. The van der Waals surface area contributed by atoms with Crippen LogP contribution in [0.3, 0.4) is 0 Å². The first kappa shape index (κ1) is 14.5. The Balaban J connectivity index is 1.76. The number of hydrogen-bond acceptors (Lipinski definition) is 3. The number of alkyl halides is 1. The maximum absolute atomic E-state index is 5.96. The van der Waals surface area contributed by atoms with E-state index in [1.807, 2.05) is 6.07 Å². The highest BCUT2D eigenvalue weighted by Gasteiger charge is 2.40. The van der Waals surface area contributed by atoms with Gasteiger partial charge in [0, 0.05) is 17.2 Å². The van der Waals surface area contributed by atoms with Gasteiger partial charge in [0.1, 0.15) is 0 Å². The van der Waals surface area contributed by atoms with E-state index in [0.29, 0.717) is 28.9 Å². The van der Waals surface area contributed by atoms with Gasteiger partial charge in [0.15, 0.2) is 0 Å². The molecule has 20 heavy (non-hydrogen) atoms. The Kier molecular flexibility index (Phi) is 4.16. The predicted octanol–water partition coefficient (Wildman–Crippen LogP) is 4.66. The molecule has 0 radical (unpaired) electrons. The third kappa shape index (κ3) is 2.66. The molecule has 1 aromatic heterocycles. The zero-order chi connectivity index (χ0) is 14.3. The summed E-state index contributed by atoms with van der Waals surface area (Å²) in [5.41, 5.74) is 1.12. The number of ether oxygens (including phenoxy) is 1. The monoisotopic (exact) mass is 353 g/mol. The normalized spacial score (nSPS) is 31.8. The fourth-order valence-electron chi connectivity index (χ4n) is 3.23. The van der Waals surface area contributed by atoms with Crippen molar-refractivity contribution in [2.75, 3.05) is 0 Å². The third-order valence-corrected chi connectivity index (χ3v) is 6.44. The minimum Gasteiger partial charge on any atom is -0.375 e. The highest BCUT2D eigenvalue weighted by atomic mass is 79.9. The standard InChI is InChI=1S/C16H20BrNOS/c1-9-10(2)19-11(3)16(9)12(17)8-15-18-13-6-4-5-7-14(13)20-15/h4-7,9-12,16H,8H2,1-3H3. The molecule has 2 heterocycles. The maximum Gasteiger partial charge on any atom is 0.0949 e. The smallest absolute Gasteiger partial charge is 0.0949 e. The molecule has 5 atom stereocenters. The lowest BCUT2D eigenvalue weighted by atomic mass is 9.86. The van der Waals surface area contributed by atoms with Gasteiger partial charge in [0.05, 0.1) is 27.4 Å². The lowest BCUT2D eigenvalue weighted by Crippen LogP contribution is -2.28. The lowest BCUT2D eigenvalue weighted by Gasteiger charge is -2.23. The van der Waals surface area contributed by atoms with Gasteiger partial charge in [-0.3, -0.25) is 0 Å². The summed E-state index contributed by atoms with van der Waals surface area (Å²) in [7, 11) is 0. The van der Waals surface area contributed by atoms with Crippen molar-refractivity contribution >= 4 is 37.5 Å². The average Bonchev–Trinajstić information content (AvgIpc) is 2.90. The molecule has 4 heteroatoms. The summed E-state index contributed by atoms with van der Waals surface area (Å²) in [6.07, 6.45) is 1.65. The van der Waals surface area contributed by atoms with Gasteiger partial charge >= 0.3 is 0 Å². The van der Waals surface area contributed by atoms with Crippen molar-refractivity contribution in [3.63, 3.8) is 0 Å². The van der Waals surface area contributed by atoms with Crippen LogP contribution in [-0.2, 0) is 11.2 Å². The number of hydrogen-bond donors (Lipinski definition) is 0. The SMILES string of the molecule is CC1OC(C)C(C(Br)Cc2nc3ccccc3s2)C1C. The molecule has 3 rings (SSSR count). The van der Waals surface area contributed by atoms with Gasteiger partial charge < -0.3 is 4.74 Å². The topological polar surface area (TPSA) is 22.1 Å². The second kappa shape index (κ2) is 5.74. The van der Waals surface area contributed by atoms with Crippen LogP contribution in [0, 0.1) is 11.8 Å². The summed E-state index contributed by atoms with van der Waals surface area (Å²) in [5.74, 6) is 1.14. The second-order valence-electron chi connectivity index (χ2n) is 5.78. The van der Waals surface area contributed by atoms with E-state index >= 15 is 0 Å². The molecule has 0 N–H and O–H groups in total. The molecule has 1 aliphatic heterocycles. The van der Waals surface area contributed by atoms with Crippen LogP contribution in [0.15, 0.2) is 24.3 Å². The molecule has 1 aromatic carbocycles. The molecule has 1 aliphatic rings. The van der Waals surface area contributed by atoms with E-state index in [1.54, 1.807) is 11.3 Å². The van der Waals surface area contributed by atoms with Crippen molar-refractivity contribution < 1.29 is 4.74 Å². The number of aromatic nitrogens is 1. The minimum absolute atomic E-state index is 0.318. The Labute approximate surface area is 132 Å². The van der Waals surface area contributed by atoms with Crippen LogP contribution in [0.25, 0.3) is 10.2 Å². The van der Waals surface area contributed by atoms with E-state index in [2.05, 4.69) is 54.9 Å². The van der Waals surface area contributed by atoms with E-state index in [-0.39, 0.29) is 0 Å². The first-order chi connectivity index (χ1) is 9.56. The largest absolute Gasteiger partial charge is 0.375 e. The van der Waals surface area contributed by atoms with Gasteiger partial charge in [-0.05, 0) is 31.9 Å². The van der Waals surface area contributed by atoms with E-state index < -0.39 is 0 Å². The van der Waals surface area contributed by atoms with Gasteiger partial charge in [0.2, 0.25) is 0 Å². The summed E-state index contributed by atoms with van der Waals surface area (Å²) in [4.78, 5) is 5.17. The van der Waals surface area contributed by atoms with Gasteiger partial charge in [0.25, 0.3) is 0 Å². The number of rotatable bonds is 3. The Morgan fingerprint density at radius 1 is 1.25 bits per heavy atom. The van der Waals surface area contributed by atoms with E-state index in [9.17, 15) is 0 Å². The van der Waals surface area contributed by atoms with E-state index in [4.69, 9.17) is 9.72 Å². The highest BCUT2D eigenvalue weighted by Crippen LogP contribution is 2.39. The quantitative estimate of drug-likeness (QED) is 0.748. The molecular weight excluding hydrogens is 334 g/mol. The Morgan fingerprint density at radius 2 is 2.00 bits per heavy atom. The molecule has 2 aromatic rings. The van der Waals surface area contributed by atoms with Gasteiger partial charge in [-0.15, -0.1) is 11.3 Å². The molecule has 5 unspecified atom stereocenters. The summed E-state index contributed by atoms with van der Waals surface area (Å²) in [6, 6.07) is 8.36. The zero-order valence-corrected chi connectivity index (χ0v) is 14.4. The van der Waals surface area contributed by atoms with Crippen molar-refractivity contribution in [3.05, 3.63) is 29.3 Å². The van der Waals surface area contributed by atoms with Crippen LogP contribution in [0.2, 0.25) is 0 Å². The molecule has 0 amide bonds.